The molecule has 29 heavy (non-hydrogen) atoms. The minimum atomic E-state index is 0.167. The Labute approximate surface area is 180 Å². The van der Waals surface area contributed by atoms with Crippen molar-refractivity contribution in [1.82, 2.24) is 19.7 Å². The van der Waals surface area contributed by atoms with Gasteiger partial charge >= 0.3 is 0 Å². The molecule has 3 aromatic rings. The molecule has 0 N–H and O–H groups in total. The molecule has 150 valence electrons. The summed E-state index contributed by atoms with van der Waals surface area (Å²) in [7, 11) is 0. The Bertz CT molecular complexity index is 970. The lowest BCUT2D eigenvalue weighted by molar-refractivity contribution is -0.129. The third-order valence-corrected chi connectivity index (χ3v) is 6.15. The molecule has 4 rings (SSSR count). The molecule has 0 unspecified atom stereocenters. The van der Waals surface area contributed by atoms with Gasteiger partial charge in [0.25, 0.3) is 0 Å². The molecule has 1 aliphatic rings. The standard InChI is InChI=1S/C22H23ClN4OS/c23-18-10-7-11-19(15-18)27-20(14-17-8-3-1-4-9-17)24-25-22(27)29-16-21(28)26-12-5-2-6-13-26/h1,3-4,7-11,15H,2,5-6,12-14,16H2. The molecule has 1 amide bonds. The highest BCUT2D eigenvalue weighted by molar-refractivity contribution is 7.99. The van der Waals surface area contributed by atoms with Crippen LogP contribution in [-0.4, -0.2) is 44.4 Å². The van der Waals surface area contributed by atoms with Crippen molar-refractivity contribution >= 4 is 29.3 Å². The maximum atomic E-state index is 12.6. The van der Waals surface area contributed by atoms with Crippen LogP contribution < -0.4 is 0 Å². The Morgan fingerprint density at radius 2 is 1.79 bits per heavy atom. The maximum absolute atomic E-state index is 12.6. The van der Waals surface area contributed by atoms with Crippen molar-refractivity contribution in [3.63, 3.8) is 0 Å². The minimum Gasteiger partial charge on any atom is -0.342 e. The predicted octanol–water partition coefficient (Wildman–Crippen LogP) is 4.62. The van der Waals surface area contributed by atoms with Crippen molar-refractivity contribution in [2.24, 2.45) is 0 Å². The summed E-state index contributed by atoms with van der Waals surface area (Å²) in [4.78, 5) is 14.6. The molecule has 0 bridgehead atoms. The van der Waals surface area contributed by atoms with Gasteiger partial charge in [-0.1, -0.05) is 59.8 Å². The van der Waals surface area contributed by atoms with Crippen molar-refractivity contribution in [3.05, 3.63) is 71.0 Å². The van der Waals surface area contributed by atoms with E-state index in [0.717, 1.165) is 43.0 Å². The number of likely N-dealkylation sites (tertiary alicyclic amines) is 1. The van der Waals surface area contributed by atoms with E-state index in [4.69, 9.17) is 11.6 Å². The van der Waals surface area contributed by atoms with Crippen LogP contribution >= 0.6 is 23.4 Å². The number of nitrogens with zero attached hydrogens (tertiary/aromatic N) is 4. The van der Waals surface area contributed by atoms with Crippen LogP contribution in [0, 0.1) is 0 Å². The molecule has 5 nitrogen and oxygen atoms in total. The monoisotopic (exact) mass is 426 g/mol. The van der Waals surface area contributed by atoms with Crippen LogP contribution in [0.5, 0.6) is 0 Å². The average Bonchev–Trinajstić information content (AvgIpc) is 3.15. The lowest BCUT2D eigenvalue weighted by Gasteiger charge is -2.26. The number of carbonyl (C=O) groups excluding carboxylic acids is 1. The van der Waals surface area contributed by atoms with E-state index in [0.29, 0.717) is 22.4 Å². The summed E-state index contributed by atoms with van der Waals surface area (Å²) in [6.07, 6.45) is 4.05. The zero-order valence-corrected chi connectivity index (χ0v) is 17.7. The van der Waals surface area contributed by atoms with Gasteiger partial charge in [-0.25, -0.2) is 0 Å². The predicted molar refractivity (Wildman–Crippen MR) is 117 cm³/mol. The largest absolute Gasteiger partial charge is 0.342 e. The molecule has 0 aliphatic carbocycles. The van der Waals surface area contributed by atoms with Gasteiger partial charge in [0.15, 0.2) is 5.16 Å². The fraction of sp³-hybridized carbons (Fsp3) is 0.318. The van der Waals surface area contributed by atoms with Crippen molar-refractivity contribution < 1.29 is 4.79 Å². The summed E-state index contributed by atoms with van der Waals surface area (Å²) in [6, 6.07) is 17.8. The number of hydrogen-bond acceptors (Lipinski definition) is 4. The molecule has 1 saturated heterocycles. The second-order valence-corrected chi connectivity index (χ2v) is 8.49. The Balaban J connectivity index is 1.58. The Kier molecular flexibility index (Phi) is 6.52. The number of aromatic nitrogens is 3. The number of benzene rings is 2. The van der Waals surface area contributed by atoms with Crippen molar-refractivity contribution in [2.45, 2.75) is 30.8 Å². The summed E-state index contributed by atoms with van der Waals surface area (Å²) in [5.41, 5.74) is 2.06. The summed E-state index contributed by atoms with van der Waals surface area (Å²) >= 11 is 7.67. The first-order valence-corrected chi connectivity index (χ1v) is 11.2. The first kappa shape index (κ1) is 20.0. The van der Waals surface area contributed by atoms with Gasteiger partial charge in [0.05, 0.1) is 11.4 Å². The van der Waals surface area contributed by atoms with E-state index in [2.05, 4.69) is 22.3 Å². The van der Waals surface area contributed by atoms with Crippen LogP contribution in [0.3, 0.4) is 0 Å². The van der Waals surface area contributed by atoms with Crippen molar-refractivity contribution in [3.8, 4) is 5.69 Å². The van der Waals surface area contributed by atoms with Crippen LogP contribution in [-0.2, 0) is 11.2 Å². The highest BCUT2D eigenvalue weighted by Crippen LogP contribution is 2.26. The fourth-order valence-corrected chi connectivity index (χ4v) is 4.58. The number of thioether (sulfide) groups is 1. The molecule has 7 heteroatoms. The highest BCUT2D eigenvalue weighted by Gasteiger charge is 2.20. The zero-order valence-electron chi connectivity index (χ0n) is 16.1. The second-order valence-electron chi connectivity index (χ2n) is 7.11. The third kappa shape index (κ3) is 5.00. The molecule has 0 saturated carbocycles. The molecule has 1 aliphatic heterocycles. The summed E-state index contributed by atoms with van der Waals surface area (Å²) < 4.78 is 2.01. The summed E-state index contributed by atoms with van der Waals surface area (Å²) in [5, 5.41) is 10.2. The number of hydrogen-bond donors (Lipinski definition) is 0. The lowest BCUT2D eigenvalue weighted by Crippen LogP contribution is -2.36. The molecular weight excluding hydrogens is 404 g/mol. The van der Waals surface area contributed by atoms with Gasteiger partial charge in [0.1, 0.15) is 5.82 Å². The van der Waals surface area contributed by atoms with Gasteiger partial charge in [-0.05, 0) is 43.0 Å². The molecule has 1 aromatic heterocycles. The smallest absolute Gasteiger partial charge is 0.233 e. The van der Waals surface area contributed by atoms with Crippen LogP contribution in [0.2, 0.25) is 5.02 Å². The van der Waals surface area contributed by atoms with E-state index >= 15 is 0 Å². The topological polar surface area (TPSA) is 51.0 Å². The van der Waals surface area contributed by atoms with E-state index in [9.17, 15) is 4.79 Å². The molecule has 0 spiro atoms. The van der Waals surface area contributed by atoms with E-state index in [1.54, 1.807) is 0 Å². The van der Waals surface area contributed by atoms with E-state index < -0.39 is 0 Å². The van der Waals surface area contributed by atoms with E-state index in [-0.39, 0.29) is 5.91 Å². The minimum absolute atomic E-state index is 0.167. The molecule has 0 atom stereocenters. The van der Waals surface area contributed by atoms with Gasteiger partial charge in [-0.3, -0.25) is 9.36 Å². The molecule has 2 aromatic carbocycles. The van der Waals surface area contributed by atoms with Gasteiger partial charge in [-0.15, -0.1) is 10.2 Å². The van der Waals surface area contributed by atoms with Gasteiger partial charge in [0, 0.05) is 24.5 Å². The van der Waals surface area contributed by atoms with Crippen LogP contribution in [0.1, 0.15) is 30.7 Å². The summed E-state index contributed by atoms with van der Waals surface area (Å²) in [5.74, 6) is 1.36. The van der Waals surface area contributed by atoms with Gasteiger partial charge in [-0.2, -0.15) is 0 Å². The quantitative estimate of drug-likeness (QED) is 0.540. The van der Waals surface area contributed by atoms with Crippen LogP contribution in [0.4, 0.5) is 0 Å². The van der Waals surface area contributed by atoms with Crippen LogP contribution in [0.25, 0.3) is 5.69 Å². The molecule has 1 fully saturated rings. The first-order chi connectivity index (χ1) is 14.2. The Morgan fingerprint density at radius 1 is 1.00 bits per heavy atom. The van der Waals surface area contributed by atoms with Crippen molar-refractivity contribution in [1.29, 1.82) is 0 Å². The number of piperidine rings is 1. The SMILES string of the molecule is O=C(CSc1nnc(Cc2ccccc2)n1-c1cccc(Cl)c1)N1CCCCC1. The number of halogens is 1. The third-order valence-electron chi connectivity index (χ3n) is 5.01. The van der Waals surface area contributed by atoms with Crippen LogP contribution in [0.15, 0.2) is 59.8 Å². The second kappa shape index (κ2) is 9.46. The van der Waals surface area contributed by atoms with E-state index in [1.165, 1.54) is 18.2 Å². The average molecular weight is 427 g/mol. The Hall–Kier alpha value is -2.31. The molecule has 2 heterocycles. The zero-order chi connectivity index (χ0) is 20.1. The Morgan fingerprint density at radius 3 is 2.55 bits per heavy atom. The number of amides is 1. The molecular formula is C22H23ClN4OS. The number of rotatable bonds is 6. The van der Waals surface area contributed by atoms with E-state index in [1.807, 2.05) is 51.9 Å². The highest BCUT2D eigenvalue weighted by atomic mass is 35.5. The summed E-state index contributed by atoms with van der Waals surface area (Å²) in [6.45, 7) is 1.72. The number of carbonyl (C=O) groups is 1. The normalized spacial score (nSPS) is 14.2. The van der Waals surface area contributed by atoms with Gasteiger partial charge in [0.2, 0.25) is 5.91 Å². The lowest BCUT2D eigenvalue weighted by atomic mass is 10.1. The first-order valence-electron chi connectivity index (χ1n) is 9.85. The molecule has 0 radical (unpaired) electrons. The van der Waals surface area contributed by atoms with Crippen molar-refractivity contribution in [2.75, 3.05) is 18.8 Å². The maximum Gasteiger partial charge on any atom is 0.233 e. The fourth-order valence-electron chi connectivity index (χ4n) is 3.52. The van der Waals surface area contributed by atoms with Gasteiger partial charge < -0.3 is 4.90 Å².